The van der Waals surface area contributed by atoms with Crippen molar-refractivity contribution in [3.8, 4) is 11.5 Å². The highest BCUT2D eigenvalue weighted by Gasteiger charge is 2.71. The van der Waals surface area contributed by atoms with Gasteiger partial charge in [0, 0.05) is 24.7 Å². The number of likely N-dealkylation sites (tertiary alicyclic amines) is 2. The summed E-state index contributed by atoms with van der Waals surface area (Å²) in [6.45, 7) is 5.06. The van der Waals surface area contributed by atoms with Gasteiger partial charge in [0.1, 0.15) is 12.0 Å². The van der Waals surface area contributed by atoms with E-state index in [1.165, 1.54) is 18.4 Å². The molecular weight excluding hydrogens is 416 g/mol. The average molecular weight is 447 g/mol. The standard InChI is InChI=1S/C24H31ClN2O4/c1-14-9-16-10-17-24(29)6-8-27(19(28)11-25)13-18-23(24,5-7-26(17)12-15-3-4-15)20(16)22(31-18)21(14)30-2/h9,15,17-18,29H,3-8,10-13H2,1-2H3/t17-,18+,23-,24-/m1/s1. The third-order valence-corrected chi connectivity index (χ3v) is 8.97. The first-order valence-electron chi connectivity index (χ1n) is 11.6. The number of halogens is 1. The monoisotopic (exact) mass is 446 g/mol. The molecule has 5 aliphatic rings. The lowest BCUT2D eigenvalue weighted by Crippen LogP contribution is -2.74. The summed E-state index contributed by atoms with van der Waals surface area (Å²) >= 11 is 5.93. The Morgan fingerprint density at radius 2 is 2.16 bits per heavy atom. The largest absolute Gasteiger partial charge is 0.493 e. The smallest absolute Gasteiger partial charge is 0.237 e. The molecule has 1 N–H and O–H groups in total. The fourth-order valence-corrected chi connectivity index (χ4v) is 7.35. The van der Waals surface area contributed by atoms with E-state index in [9.17, 15) is 9.90 Å². The van der Waals surface area contributed by atoms with Gasteiger partial charge in [0.25, 0.3) is 0 Å². The molecule has 4 atom stereocenters. The minimum absolute atomic E-state index is 0.0456. The zero-order chi connectivity index (χ0) is 21.5. The molecule has 3 aliphatic heterocycles. The molecule has 1 aromatic carbocycles. The molecule has 1 aromatic rings. The predicted octanol–water partition coefficient (Wildman–Crippen LogP) is 2.25. The van der Waals surface area contributed by atoms with Crippen LogP contribution in [0.4, 0.5) is 0 Å². The number of carbonyl (C=O) groups excluding carboxylic acids is 1. The Kier molecular flexibility index (Phi) is 4.38. The number of amides is 1. The first kappa shape index (κ1) is 20.1. The second-order valence-electron chi connectivity index (χ2n) is 10.2. The van der Waals surface area contributed by atoms with Crippen molar-refractivity contribution in [3.05, 3.63) is 22.8 Å². The van der Waals surface area contributed by atoms with Crippen LogP contribution in [0, 0.1) is 12.8 Å². The molecule has 6 nitrogen and oxygen atoms in total. The maximum atomic E-state index is 12.6. The number of nitrogens with zero attached hydrogens (tertiary/aromatic N) is 2. The van der Waals surface area contributed by atoms with Gasteiger partial charge in [-0.05, 0) is 62.6 Å². The van der Waals surface area contributed by atoms with E-state index < -0.39 is 11.0 Å². The van der Waals surface area contributed by atoms with Crippen molar-refractivity contribution in [2.45, 2.75) is 62.2 Å². The van der Waals surface area contributed by atoms with Crippen LogP contribution in [-0.2, 0) is 16.6 Å². The van der Waals surface area contributed by atoms with Crippen molar-refractivity contribution in [1.82, 2.24) is 9.80 Å². The number of hydrogen-bond acceptors (Lipinski definition) is 5. The zero-order valence-corrected chi connectivity index (χ0v) is 19.1. The van der Waals surface area contributed by atoms with E-state index in [4.69, 9.17) is 21.1 Å². The van der Waals surface area contributed by atoms with Crippen molar-refractivity contribution >= 4 is 17.5 Å². The molecular formula is C24H31ClN2O4. The molecule has 2 aliphatic carbocycles. The Balaban J connectivity index is 1.54. The normalized spacial score (nSPS) is 35.9. The highest BCUT2D eigenvalue weighted by Crippen LogP contribution is 2.64. The Bertz CT molecular complexity index is 950. The van der Waals surface area contributed by atoms with Crippen LogP contribution >= 0.6 is 11.6 Å². The predicted molar refractivity (Wildman–Crippen MR) is 117 cm³/mol. The van der Waals surface area contributed by atoms with Crippen LogP contribution in [-0.4, -0.2) is 77.7 Å². The second-order valence-corrected chi connectivity index (χ2v) is 10.5. The third kappa shape index (κ3) is 2.56. The molecule has 0 radical (unpaired) electrons. The second kappa shape index (κ2) is 6.75. The summed E-state index contributed by atoms with van der Waals surface area (Å²) in [5.74, 6) is 2.18. The SMILES string of the molecule is COc1c(C)cc2c3c1O[C@H]1CN(C(=O)CCl)CC[C@@]4(O)[C@@H](C2)N(CC2CC2)CC[C@]314. The van der Waals surface area contributed by atoms with Gasteiger partial charge in [-0.25, -0.2) is 0 Å². The van der Waals surface area contributed by atoms with Crippen LogP contribution < -0.4 is 9.47 Å². The number of aliphatic hydroxyl groups is 1. The zero-order valence-electron chi connectivity index (χ0n) is 18.3. The quantitative estimate of drug-likeness (QED) is 0.719. The van der Waals surface area contributed by atoms with Crippen LogP contribution in [0.25, 0.3) is 0 Å². The lowest BCUT2D eigenvalue weighted by molar-refractivity contribution is -0.162. The topological polar surface area (TPSA) is 62.2 Å². The number of carbonyl (C=O) groups is 1. The molecule has 3 heterocycles. The molecule has 2 saturated heterocycles. The van der Waals surface area contributed by atoms with Gasteiger partial charge in [0.2, 0.25) is 5.91 Å². The van der Waals surface area contributed by atoms with E-state index in [1.54, 1.807) is 12.0 Å². The van der Waals surface area contributed by atoms with Crippen molar-refractivity contribution in [2.75, 3.05) is 39.2 Å². The van der Waals surface area contributed by atoms with Gasteiger partial charge in [-0.15, -0.1) is 11.6 Å². The molecule has 3 fully saturated rings. The van der Waals surface area contributed by atoms with Gasteiger partial charge in [-0.3, -0.25) is 9.69 Å². The summed E-state index contributed by atoms with van der Waals surface area (Å²) in [6.07, 6.45) is 4.52. The summed E-state index contributed by atoms with van der Waals surface area (Å²) < 4.78 is 12.4. The van der Waals surface area contributed by atoms with E-state index in [2.05, 4.69) is 17.9 Å². The van der Waals surface area contributed by atoms with Crippen LogP contribution in [0.15, 0.2) is 6.07 Å². The van der Waals surface area contributed by atoms with E-state index >= 15 is 0 Å². The van der Waals surface area contributed by atoms with E-state index in [1.807, 2.05) is 0 Å². The first-order valence-corrected chi connectivity index (χ1v) is 12.1. The number of ether oxygens (including phenoxy) is 2. The maximum absolute atomic E-state index is 12.6. The molecule has 1 saturated carbocycles. The Morgan fingerprint density at radius 3 is 2.87 bits per heavy atom. The highest BCUT2D eigenvalue weighted by molar-refractivity contribution is 6.27. The van der Waals surface area contributed by atoms with Crippen LogP contribution in [0.1, 0.15) is 42.4 Å². The maximum Gasteiger partial charge on any atom is 0.237 e. The number of hydrogen-bond donors (Lipinski definition) is 1. The van der Waals surface area contributed by atoms with E-state index in [0.29, 0.717) is 19.5 Å². The summed E-state index contributed by atoms with van der Waals surface area (Å²) in [6, 6.07) is 2.29. The number of alkyl halides is 1. The van der Waals surface area contributed by atoms with Crippen LogP contribution in [0.5, 0.6) is 11.5 Å². The number of methoxy groups -OCH3 is 1. The highest BCUT2D eigenvalue weighted by atomic mass is 35.5. The van der Waals surface area contributed by atoms with Gasteiger partial charge < -0.3 is 19.5 Å². The summed E-state index contributed by atoms with van der Waals surface area (Å²) in [5, 5.41) is 12.6. The Hall–Kier alpha value is -1.50. The molecule has 7 heteroatoms. The first-order chi connectivity index (χ1) is 14.9. The molecule has 6 rings (SSSR count). The van der Waals surface area contributed by atoms with Crippen LogP contribution in [0.3, 0.4) is 0 Å². The molecule has 31 heavy (non-hydrogen) atoms. The van der Waals surface area contributed by atoms with Crippen molar-refractivity contribution in [2.24, 2.45) is 5.92 Å². The lowest BCUT2D eigenvalue weighted by Gasteiger charge is -2.60. The molecule has 0 unspecified atom stereocenters. The number of benzene rings is 1. The van der Waals surface area contributed by atoms with Crippen molar-refractivity contribution in [1.29, 1.82) is 0 Å². The van der Waals surface area contributed by atoms with Gasteiger partial charge in [-0.2, -0.15) is 0 Å². The summed E-state index contributed by atoms with van der Waals surface area (Å²) in [4.78, 5) is 16.9. The number of piperidine rings is 1. The lowest BCUT2D eigenvalue weighted by atomic mass is 9.52. The molecule has 168 valence electrons. The Morgan fingerprint density at radius 1 is 1.35 bits per heavy atom. The molecule has 2 bridgehead atoms. The fourth-order valence-electron chi connectivity index (χ4n) is 7.18. The molecule has 1 amide bonds. The third-order valence-electron chi connectivity index (χ3n) is 8.74. The minimum atomic E-state index is -0.940. The van der Waals surface area contributed by atoms with Crippen LogP contribution in [0.2, 0.25) is 0 Å². The molecule has 1 spiro atoms. The van der Waals surface area contributed by atoms with E-state index in [0.717, 1.165) is 54.5 Å². The summed E-state index contributed by atoms with van der Waals surface area (Å²) in [7, 11) is 1.68. The van der Waals surface area contributed by atoms with Crippen molar-refractivity contribution < 1.29 is 19.4 Å². The minimum Gasteiger partial charge on any atom is -0.493 e. The summed E-state index contributed by atoms with van der Waals surface area (Å²) in [5.41, 5.74) is 2.04. The van der Waals surface area contributed by atoms with E-state index in [-0.39, 0.29) is 23.9 Å². The van der Waals surface area contributed by atoms with Gasteiger partial charge >= 0.3 is 0 Å². The Labute approximate surface area is 188 Å². The van der Waals surface area contributed by atoms with Gasteiger partial charge in [0.15, 0.2) is 11.5 Å². The van der Waals surface area contributed by atoms with Gasteiger partial charge in [-0.1, -0.05) is 6.07 Å². The van der Waals surface area contributed by atoms with Crippen molar-refractivity contribution in [3.63, 3.8) is 0 Å². The number of aryl methyl sites for hydroxylation is 1. The number of rotatable bonds is 4. The molecule has 0 aromatic heterocycles. The van der Waals surface area contributed by atoms with Gasteiger partial charge in [0.05, 0.1) is 24.7 Å². The fraction of sp³-hybridized carbons (Fsp3) is 0.708. The average Bonchev–Trinajstić information content (AvgIpc) is 3.52.